The third-order valence-electron chi connectivity index (χ3n) is 5.51. The summed E-state index contributed by atoms with van der Waals surface area (Å²) in [5, 5.41) is 11.7. The van der Waals surface area contributed by atoms with Gasteiger partial charge in [0.1, 0.15) is 0 Å². The van der Waals surface area contributed by atoms with Crippen LogP contribution in [0.3, 0.4) is 0 Å². The summed E-state index contributed by atoms with van der Waals surface area (Å²) in [4.78, 5) is 17.6. The van der Waals surface area contributed by atoms with E-state index < -0.39 is 5.72 Å². The number of nitrogens with zero attached hydrogens (tertiary/aromatic N) is 2. The minimum Gasteiger partial charge on any atom is -0.372 e. The predicted octanol–water partition coefficient (Wildman–Crippen LogP) is 5.65. The monoisotopic (exact) mass is 402 g/mol. The third kappa shape index (κ3) is 4.24. The van der Waals surface area contributed by atoms with E-state index in [-0.39, 0.29) is 12.2 Å². The summed E-state index contributed by atoms with van der Waals surface area (Å²) in [6, 6.07) is 26.6. The highest BCUT2D eigenvalue weighted by Gasteiger charge is 2.42. The molecule has 30 heavy (non-hydrogen) atoms. The number of rotatable bonds is 9. The largest absolute Gasteiger partial charge is 0.372 e. The zero-order chi connectivity index (χ0) is 21.6. The SMILES string of the molecule is CCN(CC)c1ccc(C(=O)C(O)(CC)N(c2ccccc2)c2ccccc2)cc1. The van der Waals surface area contributed by atoms with Crippen molar-refractivity contribution in [3.63, 3.8) is 0 Å². The molecule has 0 aromatic heterocycles. The summed E-state index contributed by atoms with van der Waals surface area (Å²) in [6.45, 7) is 7.85. The zero-order valence-corrected chi connectivity index (χ0v) is 18.0. The second-order valence-electron chi connectivity index (χ2n) is 7.22. The van der Waals surface area contributed by atoms with Crippen LogP contribution in [0.25, 0.3) is 0 Å². The molecule has 0 saturated carbocycles. The molecule has 0 amide bonds. The van der Waals surface area contributed by atoms with Gasteiger partial charge in [-0.2, -0.15) is 0 Å². The Balaban J connectivity index is 2.04. The molecule has 3 aromatic rings. The number of hydrogen-bond donors (Lipinski definition) is 1. The van der Waals surface area contributed by atoms with Crippen molar-refractivity contribution in [2.24, 2.45) is 0 Å². The van der Waals surface area contributed by atoms with Gasteiger partial charge < -0.3 is 14.9 Å². The molecule has 0 fully saturated rings. The van der Waals surface area contributed by atoms with Crippen LogP contribution in [-0.4, -0.2) is 29.7 Å². The minimum atomic E-state index is -1.71. The third-order valence-corrected chi connectivity index (χ3v) is 5.51. The van der Waals surface area contributed by atoms with Gasteiger partial charge in [-0.1, -0.05) is 43.3 Å². The van der Waals surface area contributed by atoms with Crippen molar-refractivity contribution in [1.82, 2.24) is 0 Å². The Labute approximate surface area is 179 Å². The van der Waals surface area contributed by atoms with Gasteiger partial charge in [-0.25, -0.2) is 0 Å². The molecular formula is C26H30N2O2. The van der Waals surface area contributed by atoms with Crippen molar-refractivity contribution < 1.29 is 9.90 Å². The van der Waals surface area contributed by atoms with E-state index in [1.54, 1.807) is 4.90 Å². The molecule has 1 N–H and O–H groups in total. The Kier molecular flexibility index (Phi) is 6.91. The van der Waals surface area contributed by atoms with Gasteiger partial charge >= 0.3 is 0 Å². The maximum Gasteiger partial charge on any atom is 0.215 e. The van der Waals surface area contributed by atoms with Gasteiger partial charge in [-0.15, -0.1) is 0 Å². The first-order valence-corrected chi connectivity index (χ1v) is 10.6. The van der Waals surface area contributed by atoms with Crippen LogP contribution in [0.15, 0.2) is 84.9 Å². The fourth-order valence-electron chi connectivity index (χ4n) is 3.79. The lowest BCUT2D eigenvalue weighted by Crippen LogP contribution is -2.52. The number of carbonyl (C=O) groups excluding carboxylic acids is 1. The van der Waals surface area contributed by atoms with E-state index in [4.69, 9.17) is 0 Å². The Bertz CT molecular complexity index is 898. The van der Waals surface area contributed by atoms with Gasteiger partial charge in [0.05, 0.1) is 0 Å². The van der Waals surface area contributed by atoms with E-state index in [0.29, 0.717) is 5.56 Å². The van der Waals surface area contributed by atoms with E-state index in [2.05, 4.69) is 18.7 Å². The first-order chi connectivity index (χ1) is 14.5. The first-order valence-electron chi connectivity index (χ1n) is 10.6. The lowest BCUT2D eigenvalue weighted by Gasteiger charge is -2.39. The molecule has 0 spiro atoms. The second kappa shape index (κ2) is 9.59. The summed E-state index contributed by atoms with van der Waals surface area (Å²) < 4.78 is 0. The molecule has 4 heteroatoms. The van der Waals surface area contributed by atoms with Crippen molar-refractivity contribution in [3.05, 3.63) is 90.5 Å². The van der Waals surface area contributed by atoms with Gasteiger partial charge in [0.2, 0.25) is 11.5 Å². The first kappa shape index (κ1) is 21.6. The smallest absolute Gasteiger partial charge is 0.215 e. The molecule has 156 valence electrons. The Morgan fingerprint density at radius 1 is 0.733 bits per heavy atom. The van der Waals surface area contributed by atoms with Crippen LogP contribution in [0, 0.1) is 0 Å². The molecule has 0 aliphatic rings. The number of anilines is 3. The lowest BCUT2D eigenvalue weighted by molar-refractivity contribution is 0.0331. The van der Waals surface area contributed by atoms with Gasteiger partial charge in [0.25, 0.3) is 0 Å². The van der Waals surface area contributed by atoms with Gasteiger partial charge in [0, 0.05) is 42.1 Å². The number of ketones is 1. The van der Waals surface area contributed by atoms with E-state index in [9.17, 15) is 9.90 Å². The molecule has 0 bridgehead atoms. The highest BCUT2D eigenvalue weighted by molar-refractivity contribution is 6.05. The lowest BCUT2D eigenvalue weighted by atomic mass is 9.94. The van der Waals surface area contributed by atoms with E-state index in [0.717, 1.165) is 30.2 Å². The van der Waals surface area contributed by atoms with Gasteiger partial charge in [0.15, 0.2) is 0 Å². The molecule has 3 rings (SSSR count). The minimum absolute atomic E-state index is 0.243. The average molecular weight is 403 g/mol. The summed E-state index contributed by atoms with van der Waals surface area (Å²) >= 11 is 0. The Morgan fingerprint density at radius 3 is 1.60 bits per heavy atom. The van der Waals surface area contributed by atoms with Crippen molar-refractivity contribution in [2.45, 2.75) is 32.9 Å². The normalized spacial score (nSPS) is 12.8. The fraction of sp³-hybridized carbons (Fsp3) is 0.269. The van der Waals surface area contributed by atoms with Crippen LogP contribution in [0.1, 0.15) is 37.6 Å². The number of Topliss-reactive ketones (excluding diaryl/α,β-unsaturated/α-hetero) is 1. The highest BCUT2D eigenvalue weighted by atomic mass is 16.3. The van der Waals surface area contributed by atoms with Crippen LogP contribution < -0.4 is 9.80 Å². The number of aliphatic hydroxyl groups is 1. The molecular weight excluding hydrogens is 372 g/mol. The van der Waals surface area contributed by atoms with Crippen LogP contribution >= 0.6 is 0 Å². The van der Waals surface area contributed by atoms with Crippen LogP contribution in [0.5, 0.6) is 0 Å². The predicted molar refractivity (Wildman–Crippen MR) is 125 cm³/mol. The number of carbonyl (C=O) groups is 1. The summed E-state index contributed by atoms with van der Waals surface area (Å²) in [6.07, 6.45) is 0.243. The zero-order valence-electron chi connectivity index (χ0n) is 18.0. The molecule has 0 radical (unpaired) electrons. The number of hydrogen-bond acceptors (Lipinski definition) is 4. The van der Waals surface area contributed by atoms with Crippen LogP contribution in [0.2, 0.25) is 0 Å². The Morgan fingerprint density at radius 2 is 1.20 bits per heavy atom. The highest BCUT2D eigenvalue weighted by Crippen LogP contribution is 2.36. The van der Waals surface area contributed by atoms with Crippen molar-refractivity contribution in [3.8, 4) is 0 Å². The summed E-state index contributed by atoms with van der Waals surface area (Å²) in [5.74, 6) is -0.316. The number of benzene rings is 3. The molecule has 0 aliphatic heterocycles. The Hall–Kier alpha value is -3.11. The van der Waals surface area contributed by atoms with Crippen LogP contribution in [-0.2, 0) is 0 Å². The van der Waals surface area contributed by atoms with Crippen LogP contribution in [0.4, 0.5) is 17.1 Å². The van der Waals surface area contributed by atoms with Crippen molar-refractivity contribution in [2.75, 3.05) is 22.9 Å². The molecule has 1 unspecified atom stereocenters. The van der Waals surface area contributed by atoms with Crippen molar-refractivity contribution >= 4 is 22.8 Å². The molecule has 3 aromatic carbocycles. The van der Waals surface area contributed by atoms with E-state index in [1.165, 1.54) is 0 Å². The molecule has 4 nitrogen and oxygen atoms in total. The number of para-hydroxylation sites is 2. The second-order valence-corrected chi connectivity index (χ2v) is 7.22. The van der Waals surface area contributed by atoms with E-state index in [1.807, 2.05) is 91.9 Å². The standard InChI is InChI=1S/C26H30N2O2/c1-4-26(30,25(29)21-17-19-22(20-18-21)27(5-2)6-3)28(23-13-9-7-10-14-23)24-15-11-8-12-16-24/h7-20,30H,4-6H2,1-3H3. The van der Waals surface area contributed by atoms with E-state index >= 15 is 0 Å². The molecule has 1 atom stereocenters. The maximum absolute atomic E-state index is 13.6. The van der Waals surface area contributed by atoms with Crippen molar-refractivity contribution in [1.29, 1.82) is 0 Å². The van der Waals surface area contributed by atoms with Gasteiger partial charge in [-0.05, 0) is 62.4 Å². The quantitative estimate of drug-likeness (QED) is 0.371. The topological polar surface area (TPSA) is 43.8 Å². The summed E-state index contributed by atoms with van der Waals surface area (Å²) in [5.41, 5.74) is 1.38. The molecule has 0 saturated heterocycles. The summed E-state index contributed by atoms with van der Waals surface area (Å²) in [7, 11) is 0. The molecule has 0 heterocycles. The van der Waals surface area contributed by atoms with Gasteiger partial charge in [-0.3, -0.25) is 4.79 Å². The fourth-order valence-corrected chi connectivity index (χ4v) is 3.79. The maximum atomic E-state index is 13.6. The average Bonchev–Trinajstić information content (AvgIpc) is 2.81. The molecule has 0 aliphatic carbocycles.